The highest BCUT2D eigenvalue weighted by molar-refractivity contribution is 7.80. The predicted molar refractivity (Wildman–Crippen MR) is 103 cm³/mol. The van der Waals surface area contributed by atoms with Gasteiger partial charge in [-0.25, -0.2) is 0 Å². The van der Waals surface area contributed by atoms with Gasteiger partial charge in [-0.3, -0.25) is 9.69 Å². The Balaban J connectivity index is 1.86. The normalized spacial score (nSPS) is 15.8. The molecule has 0 bridgehead atoms. The van der Waals surface area contributed by atoms with Crippen molar-refractivity contribution >= 4 is 40.7 Å². The van der Waals surface area contributed by atoms with E-state index in [-0.39, 0.29) is 5.91 Å². The summed E-state index contributed by atoms with van der Waals surface area (Å²) in [6.07, 6.45) is 1.82. The van der Waals surface area contributed by atoms with Gasteiger partial charge in [-0.05, 0) is 55.0 Å². The summed E-state index contributed by atoms with van der Waals surface area (Å²) in [7, 11) is 3.99. The molecule has 2 aromatic rings. The van der Waals surface area contributed by atoms with Crippen molar-refractivity contribution in [3.05, 3.63) is 65.4 Å². The van der Waals surface area contributed by atoms with Crippen LogP contribution < -0.4 is 15.1 Å². The third kappa shape index (κ3) is 3.16. The molecular formula is C19H19N3OS. The van der Waals surface area contributed by atoms with Gasteiger partial charge < -0.3 is 10.2 Å². The summed E-state index contributed by atoms with van der Waals surface area (Å²) in [5.41, 5.74) is 4.46. The van der Waals surface area contributed by atoms with Gasteiger partial charge in [0.2, 0.25) is 0 Å². The van der Waals surface area contributed by atoms with Crippen LogP contribution in [0.3, 0.4) is 0 Å². The number of anilines is 2. The Morgan fingerprint density at radius 3 is 2.25 bits per heavy atom. The summed E-state index contributed by atoms with van der Waals surface area (Å²) in [5, 5.41) is 3.41. The van der Waals surface area contributed by atoms with Crippen molar-refractivity contribution in [1.29, 1.82) is 0 Å². The Hall–Kier alpha value is -2.66. The number of rotatable bonds is 3. The summed E-state index contributed by atoms with van der Waals surface area (Å²) >= 11 is 5.33. The van der Waals surface area contributed by atoms with Gasteiger partial charge in [0.25, 0.3) is 5.91 Å². The van der Waals surface area contributed by atoms with Crippen LogP contribution in [0.4, 0.5) is 11.4 Å². The molecule has 4 nitrogen and oxygen atoms in total. The zero-order valence-corrected chi connectivity index (χ0v) is 14.7. The topological polar surface area (TPSA) is 35.6 Å². The highest BCUT2D eigenvalue weighted by atomic mass is 32.1. The van der Waals surface area contributed by atoms with Crippen molar-refractivity contribution in [2.24, 2.45) is 0 Å². The van der Waals surface area contributed by atoms with Crippen LogP contribution in [-0.4, -0.2) is 25.1 Å². The Bertz CT molecular complexity index is 808. The molecule has 1 fully saturated rings. The molecule has 122 valence electrons. The lowest BCUT2D eigenvalue weighted by Crippen LogP contribution is -2.30. The van der Waals surface area contributed by atoms with E-state index in [1.165, 1.54) is 4.90 Å². The average Bonchev–Trinajstić information content (AvgIpc) is 2.83. The number of carbonyl (C=O) groups excluding carboxylic acids is 1. The number of carbonyl (C=O) groups is 1. The van der Waals surface area contributed by atoms with Crippen LogP contribution in [-0.2, 0) is 4.79 Å². The molecule has 0 aliphatic carbocycles. The van der Waals surface area contributed by atoms with Gasteiger partial charge in [0.05, 0.1) is 5.69 Å². The molecule has 3 rings (SSSR count). The lowest BCUT2D eigenvalue weighted by Gasteiger charge is -2.14. The van der Waals surface area contributed by atoms with Gasteiger partial charge >= 0.3 is 0 Å². The van der Waals surface area contributed by atoms with Gasteiger partial charge in [-0.15, -0.1) is 0 Å². The van der Waals surface area contributed by atoms with Gasteiger partial charge in [0.1, 0.15) is 5.70 Å². The lowest BCUT2D eigenvalue weighted by atomic mass is 10.1. The second kappa shape index (κ2) is 6.45. The Morgan fingerprint density at radius 1 is 1.04 bits per heavy atom. The number of benzene rings is 2. The number of nitrogens with zero attached hydrogens (tertiary/aromatic N) is 2. The molecule has 1 heterocycles. The molecule has 0 radical (unpaired) electrons. The van der Waals surface area contributed by atoms with Crippen LogP contribution in [0.1, 0.15) is 11.1 Å². The van der Waals surface area contributed by atoms with Crippen molar-refractivity contribution < 1.29 is 4.79 Å². The van der Waals surface area contributed by atoms with Gasteiger partial charge in [0, 0.05) is 19.8 Å². The maximum Gasteiger partial charge on any atom is 0.281 e. The molecule has 1 N–H and O–H groups in total. The maximum absolute atomic E-state index is 12.7. The second-order valence-corrected chi connectivity index (χ2v) is 6.34. The molecule has 1 aliphatic rings. The molecule has 24 heavy (non-hydrogen) atoms. The number of thiocarbonyl (C=S) groups is 1. The monoisotopic (exact) mass is 337 g/mol. The van der Waals surface area contributed by atoms with Crippen LogP contribution in [0.25, 0.3) is 6.08 Å². The van der Waals surface area contributed by atoms with Crippen LogP contribution in [0.5, 0.6) is 0 Å². The first-order chi connectivity index (χ1) is 11.5. The fraction of sp³-hybridized carbons (Fsp3) is 0.158. The Labute approximate surface area is 147 Å². The minimum absolute atomic E-state index is 0.138. The number of nitrogens with one attached hydrogen (secondary N) is 1. The van der Waals surface area contributed by atoms with Crippen LogP contribution in [0, 0.1) is 6.92 Å². The minimum atomic E-state index is -0.138. The number of hydrogen-bond acceptors (Lipinski definition) is 3. The molecule has 0 atom stereocenters. The first kappa shape index (κ1) is 16.2. The van der Waals surface area contributed by atoms with Gasteiger partial charge in [-0.2, -0.15) is 0 Å². The third-order valence-electron chi connectivity index (χ3n) is 3.89. The summed E-state index contributed by atoms with van der Waals surface area (Å²) in [6, 6.07) is 15.7. The molecule has 1 saturated heterocycles. The predicted octanol–water partition coefficient (Wildman–Crippen LogP) is 3.32. The molecule has 0 saturated carbocycles. The average molecular weight is 337 g/mol. The van der Waals surface area contributed by atoms with E-state index in [0.717, 1.165) is 22.5 Å². The van der Waals surface area contributed by atoms with E-state index in [9.17, 15) is 4.79 Å². The second-order valence-electron chi connectivity index (χ2n) is 5.95. The number of hydrogen-bond donors (Lipinski definition) is 1. The van der Waals surface area contributed by atoms with Crippen molar-refractivity contribution in [3.8, 4) is 0 Å². The molecule has 2 aromatic carbocycles. The first-order valence-electron chi connectivity index (χ1n) is 7.67. The zero-order chi connectivity index (χ0) is 17.3. The third-order valence-corrected chi connectivity index (χ3v) is 4.18. The fourth-order valence-electron chi connectivity index (χ4n) is 2.50. The van der Waals surface area contributed by atoms with E-state index in [0.29, 0.717) is 10.8 Å². The maximum atomic E-state index is 12.7. The summed E-state index contributed by atoms with van der Waals surface area (Å²) < 4.78 is 0. The Morgan fingerprint density at radius 2 is 1.67 bits per heavy atom. The molecule has 0 spiro atoms. The van der Waals surface area contributed by atoms with Crippen molar-refractivity contribution in [2.45, 2.75) is 6.92 Å². The van der Waals surface area contributed by atoms with Crippen molar-refractivity contribution in [1.82, 2.24) is 5.32 Å². The van der Waals surface area contributed by atoms with E-state index < -0.39 is 0 Å². The van der Waals surface area contributed by atoms with Crippen molar-refractivity contribution in [2.75, 3.05) is 23.9 Å². The molecule has 1 aliphatic heterocycles. The quantitative estimate of drug-likeness (QED) is 0.688. The lowest BCUT2D eigenvalue weighted by molar-refractivity contribution is -0.113. The van der Waals surface area contributed by atoms with E-state index in [4.69, 9.17) is 12.2 Å². The highest BCUT2D eigenvalue weighted by Gasteiger charge is 2.31. The zero-order valence-electron chi connectivity index (χ0n) is 13.9. The summed E-state index contributed by atoms with van der Waals surface area (Å²) in [6.45, 7) is 2.01. The first-order valence-corrected chi connectivity index (χ1v) is 8.08. The van der Waals surface area contributed by atoms with E-state index in [1.807, 2.05) is 80.5 Å². The Kier molecular flexibility index (Phi) is 4.36. The number of aryl methyl sites for hydroxylation is 1. The largest absolute Gasteiger partial charge is 0.378 e. The van der Waals surface area contributed by atoms with Crippen LogP contribution in [0.2, 0.25) is 0 Å². The molecule has 0 aromatic heterocycles. The van der Waals surface area contributed by atoms with Gasteiger partial charge in [0.15, 0.2) is 5.11 Å². The molecular weight excluding hydrogens is 318 g/mol. The molecule has 5 heteroatoms. The SMILES string of the molecule is Cc1ccc(N2C(=O)/C(=C/c3ccc(N(C)C)cc3)NC2=S)cc1. The summed E-state index contributed by atoms with van der Waals surface area (Å²) in [4.78, 5) is 16.2. The minimum Gasteiger partial charge on any atom is -0.378 e. The van der Waals surface area contributed by atoms with Crippen LogP contribution >= 0.6 is 12.2 Å². The molecule has 1 amide bonds. The van der Waals surface area contributed by atoms with Gasteiger partial charge in [-0.1, -0.05) is 29.8 Å². The number of amides is 1. The van der Waals surface area contributed by atoms with Crippen molar-refractivity contribution in [3.63, 3.8) is 0 Å². The van der Waals surface area contributed by atoms with E-state index >= 15 is 0 Å². The fourth-order valence-corrected chi connectivity index (χ4v) is 2.80. The van der Waals surface area contributed by atoms with Crippen LogP contribution in [0.15, 0.2) is 54.2 Å². The standard InChI is InChI=1S/C19H19N3OS/c1-13-4-8-16(9-5-13)22-18(23)17(20-19(22)24)12-14-6-10-15(11-7-14)21(2)3/h4-12H,1-3H3,(H,20,24)/b17-12-. The molecule has 0 unspecified atom stereocenters. The van der Waals surface area contributed by atoms with E-state index in [2.05, 4.69) is 5.32 Å². The highest BCUT2D eigenvalue weighted by Crippen LogP contribution is 2.23. The summed E-state index contributed by atoms with van der Waals surface area (Å²) in [5.74, 6) is -0.138. The van der Waals surface area contributed by atoms with E-state index in [1.54, 1.807) is 0 Å². The smallest absolute Gasteiger partial charge is 0.281 e.